The summed E-state index contributed by atoms with van der Waals surface area (Å²) in [6, 6.07) is 4.78. The van der Waals surface area contributed by atoms with Crippen LogP contribution in [0.15, 0.2) is 12.1 Å². The van der Waals surface area contributed by atoms with E-state index in [4.69, 9.17) is 0 Å². The number of likely N-dealkylation sites (N-methyl/N-ethyl adjacent to an activating group) is 1. The number of aryl methyl sites for hydroxylation is 1. The third-order valence-electron chi connectivity index (χ3n) is 3.44. The van der Waals surface area contributed by atoms with Gasteiger partial charge in [-0.25, -0.2) is 0 Å². The van der Waals surface area contributed by atoms with Gasteiger partial charge in [0.1, 0.15) is 0 Å². The van der Waals surface area contributed by atoms with Gasteiger partial charge in [-0.1, -0.05) is 26.0 Å². The van der Waals surface area contributed by atoms with Crippen molar-refractivity contribution in [2.45, 2.75) is 39.7 Å². The van der Waals surface area contributed by atoms with Gasteiger partial charge in [0.05, 0.1) is 0 Å². The van der Waals surface area contributed by atoms with Crippen LogP contribution in [0.1, 0.15) is 42.0 Å². The summed E-state index contributed by atoms with van der Waals surface area (Å²) < 4.78 is 0. The minimum absolute atomic E-state index is 0.640. The summed E-state index contributed by atoms with van der Waals surface area (Å²) in [6.45, 7) is 9.13. The van der Waals surface area contributed by atoms with E-state index in [-0.39, 0.29) is 0 Å². The second kappa shape index (κ2) is 3.97. The molecule has 0 radical (unpaired) electrons. The van der Waals surface area contributed by atoms with Gasteiger partial charge in [0.25, 0.3) is 0 Å². The normalized spacial score (nSPS) is 16.9. The van der Waals surface area contributed by atoms with Gasteiger partial charge < -0.3 is 4.90 Å². The Bertz CT molecular complexity index is 366. The van der Waals surface area contributed by atoms with E-state index in [1.54, 1.807) is 11.1 Å². The van der Waals surface area contributed by atoms with Crippen molar-refractivity contribution in [1.29, 1.82) is 0 Å². The Balaban J connectivity index is 2.44. The van der Waals surface area contributed by atoms with E-state index >= 15 is 0 Å². The lowest BCUT2D eigenvalue weighted by Crippen LogP contribution is -2.27. The van der Waals surface area contributed by atoms with Gasteiger partial charge in [0, 0.05) is 13.1 Å². The van der Waals surface area contributed by atoms with Crippen molar-refractivity contribution >= 4 is 0 Å². The van der Waals surface area contributed by atoms with Crippen LogP contribution in [0.5, 0.6) is 0 Å². The van der Waals surface area contributed by atoms with Crippen molar-refractivity contribution in [3.8, 4) is 0 Å². The molecule has 1 heterocycles. The molecule has 2 rings (SSSR count). The summed E-state index contributed by atoms with van der Waals surface area (Å²) in [5.74, 6) is 0.640. The number of rotatable bonds is 1. The van der Waals surface area contributed by atoms with Crippen molar-refractivity contribution in [3.63, 3.8) is 0 Å². The molecule has 0 unspecified atom stereocenters. The Morgan fingerprint density at radius 2 is 2.00 bits per heavy atom. The van der Waals surface area contributed by atoms with Crippen LogP contribution in [0.3, 0.4) is 0 Å². The Morgan fingerprint density at radius 1 is 1.27 bits per heavy atom. The molecule has 0 spiro atoms. The van der Waals surface area contributed by atoms with E-state index in [0.717, 1.165) is 6.54 Å². The highest BCUT2D eigenvalue weighted by Gasteiger charge is 2.16. The lowest BCUT2D eigenvalue weighted by molar-refractivity contribution is 0.312. The van der Waals surface area contributed by atoms with Gasteiger partial charge >= 0.3 is 0 Å². The first-order chi connectivity index (χ1) is 7.08. The van der Waals surface area contributed by atoms with Gasteiger partial charge in [-0.05, 0) is 48.6 Å². The Kier molecular flexibility index (Phi) is 2.83. The second-order valence-corrected chi connectivity index (χ2v) is 5.12. The van der Waals surface area contributed by atoms with E-state index in [1.165, 1.54) is 24.1 Å². The first-order valence-corrected chi connectivity index (χ1v) is 5.88. The van der Waals surface area contributed by atoms with Crippen LogP contribution in [-0.4, -0.2) is 18.5 Å². The minimum Gasteiger partial charge on any atom is -0.302 e. The van der Waals surface area contributed by atoms with Crippen molar-refractivity contribution in [2.75, 3.05) is 13.6 Å². The molecule has 1 aliphatic heterocycles. The van der Waals surface area contributed by atoms with Gasteiger partial charge in [-0.3, -0.25) is 0 Å². The van der Waals surface area contributed by atoms with E-state index in [9.17, 15) is 0 Å². The SMILES string of the molecule is Cc1cc(C(C)C)cc2c1CCN(C)C2. The van der Waals surface area contributed by atoms with E-state index in [0.29, 0.717) is 5.92 Å². The van der Waals surface area contributed by atoms with Crippen LogP contribution in [0, 0.1) is 6.92 Å². The van der Waals surface area contributed by atoms with E-state index in [2.05, 4.69) is 44.9 Å². The predicted molar refractivity (Wildman–Crippen MR) is 65.3 cm³/mol. The van der Waals surface area contributed by atoms with Crippen molar-refractivity contribution in [3.05, 3.63) is 34.4 Å². The third kappa shape index (κ3) is 2.07. The van der Waals surface area contributed by atoms with E-state index < -0.39 is 0 Å². The molecule has 0 fully saturated rings. The smallest absolute Gasteiger partial charge is 0.0233 e. The zero-order chi connectivity index (χ0) is 11.0. The topological polar surface area (TPSA) is 3.24 Å². The summed E-state index contributed by atoms with van der Waals surface area (Å²) in [6.07, 6.45) is 1.22. The quantitative estimate of drug-likeness (QED) is 0.678. The zero-order valence-electron chi connectivity index (χ0n) is 10.3. The van der Waals surface area contributed by atoms with Gasteiger partial charge in [-0.15, -0.1) is 0 Å². The molecule has 1 aliphatic rings. The first-order valence-electron chi connectivity index (χ1n) is 5.88. The molecule has 1 heteroatoms. The standard InChI is InChI=1S/C14H21N/c1-10(2)12-7-11(3)14-5-6-15(4)9-13(14)8-12/h7-8,10H,5-6,9H2,1-4H3. The highest BCUT2D eigenvalue weighted by molar-refractivity contribution is 5.41. The average Bonchev–Trinajstić information content (AvgIpc) is 2.16. The van der Waals surface area contributed by atoms with Crippen LogP contribution >= 0.6 is 0 Å². The Morgan fingerprint density at radius 3 is 2.67 bits per heavy atom. The Labute approximate surface area is 93.1 Å². The maximum atomic E-state index is 2.41. The summed E-state index contributed by atoms with van der Waals surface area (Å²) in [5, 5.41) is 0. The molecule has 0 aliphatic carbocycles. The first kappa shape index (κ1) is 10.7. The largest absolute Gasteiger partial charge is 0.302 e. The molecule has 0 saturated heterocycles. The molecule has 0 aromatic heterocycles. The summed E-state index contributed by atoms with van der Waals surface area (Å²) in [4.78, 5) is 2.41. The summed E-state index contributed by atoms with van der Waals surface area (Å²) in [7, 11) is 2.21. The highest BCUT2D eigenvalue weighted by atomic mass is 15.1. The van der Waals surface area contributed by atoms with Gasteiger partial charge in [0.2, 0.25) is 0 Å². The molecule has 0 N–H and O–H groups in total. The van der Waals surface area contributed by atoms with Crippen LogP contribution < -0.4 is 0 Å². The lowest BCUT2D eigenvalue weighted by Gasteiger charge is -2.27. The number of nitrogens with zero attached hydrogens (tertiary/aromatic N) is 1. The molecule has 1 aromatic rings. The average molecular weight is 203 g/mol. The molecular weight excluding hydrogens is 182 g/mol. The number of benzene rings is 1. The molecule has 82 valence electrons. The molecule has 0 atom stereocenters. The van der Waals surface area contributed by atoms with Crippen LogP contribution in [0.25, 0.3) is 0 Å². The monoisotopic (exact) mass is 203 g/mol. The highest BCUT2D eigenvalue weighted by Crippen LogP contribution is 2.26. The Hall–Kier alpha value is -0.820. The van der Waals surface area contributed by atoms with Crippen LogP contribution in [0.4, 0.5) is 0 Å². The maximum Gasteiger partial charge on any atom is 0.0233 e. The molecule has 0 bridgehead atoms. The fraction of sp³-hybridized carbons (Fsp3) is 0.571. The fourth-order valence-corrected chi connectivity index (χ4v) is 2.42. The van der Waals surface area contributed by atoms with Crippen molar-refractivity contribution in [1.82, 2.24) is 4.90 Å². The predicted octanol–water partition coefficient (Wildman–Crippen LogP) is 3.11. The lowest BCUT2D eigenvalue weighted by atomic mass is 9.90. The molecular formula is C14H21N. The summed E-state index contributed by atoms with van der Waals surface area (Å²) >= 11 is 0. The van der Waals surface area contributed by atoms with Crippen LogP contribution in [0.2, 0.25) is 0 Å². The number of hydrogen-bond donors (Lipinski definition) is 0. The zero-order valence-corrected chi connectivity index (χ0v) is 10.3. The molecule has 0 saturated carbocycles. The fourth-order valence-electron chi connectivity index (χ4n) is 2.42. The molecule has 15 heavy (non-hydrogen) atoms. The van der Waals surface area contributed by atoms with Crippen molar-refractivity contribution in [2.24, 2.45) is 0 Å². The van der Waals surface area contributed by atoms with Crippen LogP contribution in [-0.2, 0) is 13.0 Å². The third-order valence-corrected chi connectivity index (χ3v) is 3.44. The summed E-state index contributed by atoms with van der Waals surface area (Å²) in [5.41, 5.74) is 6.12. The minimum atomic E-state index is 0.640. The molecule has 1 aromatic carbocycles. The maximum absolute atomic E-state index is 2.41. The molecule has 0 amide bonds. The second-order valence-electron chi connectivity index (χ2n) is 5.12. The van der Waals surface area contributed by atoms with E-state index in [1.807, 2.05) is 0 Å². The molecule has 1 nitrogen and oxygen atoms in total. The number of fused-ring (bicyclic) bond motifs is 1. The van der Waals surface area contributed by atoms with Gasteiger partial charge in [-0.2, -0.15) is 0 Å². The van der Waals surface area contributed by atoms with Gasteiger partial charge in [0.15, 0.2) is 0 Å². The van der Waals surface area contributed by atoms with Crippen molar-refractivity contribution < 1.29 is 0 Å². The number of hydrogen-bond acceptors (Lipinski definition) is 1.